The maximum atomic E-state index is 12.2. The molecule has 1 amide bonds. The number of nitrogens with one attached hydrogen (secondary N) is 1. The minimum atomic E-state index is -0.354. The van der Waals surface area contributed by atoms with Crippen LogP contribution < -0.4 is 15.9 Å². The number of carbonyl (C=O) groups excluding carboxylic acids is 1. The Bertz CT molecular complexity index is 935. The molecule has 0 radical (unpaired) electrons. The van der Waals surface area contributed by atoms with Crippen LogP contribution in [0.15, 0.2) is 65.8 Å². The fourth-order valence-corrected chi connectivity index (χ4v) is 2.61. The van der Waals surface area contributed by atoms with E-state index < -0.39 is 0 Å². The van der Waals surface area contributed by atoms with Gasteiger partial charge < -0.3 is 10.5 Å². The number of benzene rings is 3. The van der Waals surface area contributed by atoms with E-state index >= 15 is 0 Å². The second-order valence-electron chi connectivity index (χ2n) is 5.42. The van der Waals surface area contributed by atoms with E-state index in [1.807, 2.05) is 43.3 Å². The number of hydrogen-bond donors (Lipinski definition) is 2. The predicted molar refractivity (Wildman–Crippen MR) is 101 cm³/mol. The summed E-state index contributed by atoms with van der Waals surface area (Å²) >= 11 is 0. The van der Waals surface area contributed by atoms with E-state index in [1.54, 1.807) is 30.5 Å². The van der Waals surface area contributed by atoms with Crippen LogP contribution in [0.25, 0.3) is 10.8 Å². The van der Waals surface area contributed by atoms with Crippen molar-refractivity contribution in [2.24, 2.45) is 5.10 Å². The third-order valence-electron chi connectivity index (χ3n) is 3.80. The number of nitrogen functional groups attached to an aromatic ring is 1. The molecule has 0 aliphatic heterocycles. The number of anilines is 1. The average molecular weight is 333 g/mol. The van der Waals surface area contributed by atoms with Gasteiger partial charge in [0.25, 0.3) is 5.91 Å². The summed E-state index contributed by atoms with van der Waals surface area (Å²) in [5, 5.41) is 6.17. The first-order chi connectivity index (χ1) is 12.2. The molecule has 0 spiro atoms. The van der Waals surface area contributed by atoms with Crippen LogP contribution in [0.4, 0.5) is 5.69 Å². The van der Waals surface area contributed by atoms with Crippen molar-refractivity contribution in [3.05, 3.63) is 71.8 Å². The van der Waals surface area contributed by atoms with Crippen LogP contribution in [0.2, 0.25) is 0 Å². The first-order valence-corrected chi connectivity index (χ1v) is 8.03. The van der Waals surface area contributed by atoms with Crippen molar-refractivity contribution in [1.29, 1.82) is 0 Å². The first kappa shape index (κ1) is 16.5. The summed E-state index contributed by atoms with van der Waals surface area (Å²) in [4.78, 5) is 12.2. The van der Waals surface area contributed by atoms with Gasteiger partial charge in [0, 0.05) is 11.3 Å². The first-order valence-electron chi connectivity index (χ1n) is 8.03. The monoisotopic (exact) mass is 333 g/mol. The number of rotatable bonds is 5. The molecule has 0 saturated carbocycles. The predicted octanol–water partition coefficient (Wildman–Crippen LogP) is 3.58. The lowest BCUT2D eigenvalue weighted by molar-refractivity contribution is 0.0956. The number of hydrazone groups is 1. The van der Waals surface area contributed by atoms with Crippen molar-refractivity contribution in [3.8, 4) is 5.75 Å². The third-order valence-corrected chi connectivity index (χ3v) is 3.80. The Morgan fingerprint density at radius 1 is 1.12 bits per heavy atom. The number of amides is 1. The van der Waals surface area contributed by atoms with Crippen molar-refractivity contribution < 1.29 is 9.53 Å². The summed E-state index contributed by atoms with van der Waals surface area (Å²) in [6.07, 6.45) is 1.60. The molecule has 126 valence electrons. The molecule has 3 N–H and O–H groups in total. The molecule has 3 aromatic carbocycles. The van der Waals surface area contributed by atoms with Crippen LogP contribution in [0.3, 0.4) is 0 Å². The molecular weight excluding hydrogens is 314 g/mol. The minimum Gasteiger partial charge on any atom is -0.493 e. The summed E-state index contributed by atoms with van der Waals surface area (Å²) < 4.78 is 5.68. The van der Waals surface area contributed by atoms with Crippen LogP contribution in [0, 0.1) is 0 Å². The Labute approximate surface area is 146 Å². The maximum Gasteiger partial charge on any atom is 0.273 e. The zero-order chi connectivity index (χ0) is 17.6. The van der Waals surface area contributed by atoms with Crippen molar-refractivity contribution >= 4 is 28.6 Å². The van der Waals surface area contributed by atoms with Crippen LogP contribution in [-0.4, -0.2) is 18.7 Å². The number of hydrogen-bond acceptors (Lipinski definition) is 4. The normalized spacial score (nSPS) is 10.9. The van der Waals surface area contributed by atoms with Crippen molar-refractivity contribution in [2.75, 3.05) is 12.3 Å². The number of fused-ring (bicyclic) bond motifs is 1. The number of nitrogens with two attached hydrogens (primary N) is 1. The van der Waals surface area contributed by atoms with Gasteiger partial charge in [-0.05, 0) is 35.9 Å². The van der Waals surface area contributed by atoms with Gasteiger partial charge in [-0.3, -0.25) is 4.79 Å². The number of para-hydroxylation sites is 1. The molecule has 0 fully saturated rings. The summed E-state index contributed by atoms with van der Waals surface area (Å²) in [5.74, 6) is 0.367. The van der Waals surface area contributed by atoms with Gasteiger partial charge in [0.05, 0.1) is 18.4 Å². The van der Waals surface area contributed by atoms with Crippen molar-refractivity contribution in [3.63, 3.8) is 0 Å². The summed E-state index contributed by atoms with van der Waals surface area (Å²) in [6, 6.07) is 18.7. The second-order valence-corrected chi connectivity index (χ2v) is 5.42. The topological polar surface area (TPSA) is 76.7 Å². The van der Waals surface area contributed by atoms with Crippen LogP contribution in [-0.2, 0) is 0 Å². The van der Waals surface area contributed by atoms with Gasteiger partial charge >= 0.3 is 0 Å². The fourth-order valence-electron chi connectivity index (χ4n) is 2.61. The van der Waals surface area contributed by atoms with Gasteiger partial charge in [-0.2, -0.15) is 5.10 Å². The highest BCUT2D eigenvalue weighted by Crippen LogP contribution is 2.26. The smallest absolute Gasteiger partial charge is 0.273 e. The van der Waals surface area contributed by atoms with Gasteiger partial charge in [0.15, 0.2) is 0 Å². The third kappa shape index (κ3) is 3.61. The van der Waals surface area contributed by atoms with Gasteiger partial charge in [-0.1, -0.05) is 42.5 Å². The molecule has 0 aromatic heterocycles. The zero-order valence-corrected chi connectivity index (χ0v) is 13.9. The molecule has 3 rings (SSSR count). The standard InChI is InChI=1S/C20H19N3O2/c1-2-25-19-12-11-14-7-3-4-8-15(14)17(19)13-22-23-20(24)16-9-5-6-10-18(16)21/h3-13H,2,21H2,1H3,(H,23,24)/b22-13+. The lowest BCUT2D eigenvalue weighted by Gasteiger charge is -2.10. The van der Waals surface area contributed by atoms with Crippen molar-refractivity contribution in [2.45, 2.75) is 6.92 Å². The molecule has 0 saturated heterocycles. The van der Waals surface area contributed by atoms with Crippen LogP contribution >= 0.6 is 0 Å². The SMILES string of the molecule is CCOc1ccc2ccccc2c1/C=N/NC(=O)c1ccccc1N. The van der Waals surface area contributed by atoms with Gasteiger partial charge in [0.1, 0.15) is 5.75 Å². The van der Waals surface area contributed by atoms with E-state index in [-0.39, 0.29) is 5.91 Å². The quantitative estimate of drug-likeness (QED) is 0.425. The molecule has 3 aromatic rings. The van der Waals surface area contributed by atoms with E-state index in [0.29, 0.717) is 17.9 Å². The summed E-state index contributed by atoms with van der Waals surface area (Å²) in [7, 11) is 0. The highest BCUT2D eigenvalue weighted by Gasteiger charge is 2.09. The van der Waals surface area contributed by atoms with E-state index in [4.69, 9.17) is 10.5 Å². The summed E-state index contributed by atoms with van der Waals surface area (Å²) in [5.41, 5.74) is 9.95. The van der Waals surface area contributed by atoms with Crippen LogP contribution in [0.1, 0.15) is 22.8 Å². The highest BCUT2D eigenvalue weighted by molar-refractivity contribution is 6.03. The Hall–Kier alpha value is -3.34. The van der Waals surface area contributed by atoms with Gasteiger partial charge in [-0.25, -0.2) is 5.43 Å². The van der Waals surface area contributed by atoms with E-state index in [9.17, 15) is 4.79 Å². The fraction of sp³-hybridized carbons (Fsp3) is 0.100. The Morgan fingerprint density at radius 3 is 2.68 bits per heavy atom. The molecule has 0 bridgehead atoms. The van der Waals surface area contributed by atoms with E-state index in [0.717, 1.165) is 22.1 Å². The lowest BCUT2D eigenvalue weighted by atomic mass is 10.0. The molecule has 0 aliphatic carbocycles. The molecule has 25 heavy (non-hydrogen) atoms. The molecule has 5 nitrogen and oxygen atoms in total. The largest absolute Gasteiger partial charge is 0.493 e. The minimum absolute atomic E-state index is 0.354. The molecule has 0 atom stereocenters. The van der Waals surface area contributed by atoms with Gasteiger partial charge in [-0.15, -0.1) is 0 Å². The van der Waals surface area contributed by atoms with Crippen LogP contribution in [0.5, 0.6) is 5.75 Å². The van der Waals surface area contributed by atoms with E-state index in [2.05, 4.69) is 10.5 Å². The Balaban J connectivity index is 1.89. The molecule has 0 unspecified atom stereocenters. The number of nitrogens with zero attached hydrogens (tertiary/aromatic N) is 1. The summed E-state index contributed by atoms with van der Waals surface area (Å²) in [6.45, 7) is 2.47. The Morgan fingerprint density at radius 2 is 1.88 bits per heavy atom. The molecular formula is C20H19N3O2. The molecule has 5 heteroatoms. The Kier molecular flexibility index (Phi) is 4.95. The maximum absolute atomic E-state index is 12.2. The molecule has 0 heterocycles. The van der Waals surface area contributed by atoms with E-state index in [1.165, 1.54) is 0 Å². The lowest BCUT2D eigenvalue weighted by Crippen LogP contribution is -2.19. The average Bonchev–Trinajstić information content (AvgIpc) is 2.63. The van der Waals surface area contributed by atoms with Gasteiger partial charge in [0.2, 0.25) is 0 Å². The highest BCUT2D eigenvalue weighted by atomic mass is 16.5. The number of carbonyl (C=O) groups is 1. The second kappa shape index (κ2) is 7.49. The number of ether oxygens (including phenoxy) is 1. The zero-order valence-electron chi connectivity index (χ0n) is 13.9. The van der Waals surface area contributed by atoms with Crippen molar-refractivity contribution in [1.82, 2.24) is 5.43 Å². The molecule has 0 aliphatic rings.